The van der Waals surface area contributed by atoms with Crippen molar-refractivity contribution in [3.05, 3.63) is 10.3 Å². The number of anilines is 1. The van der Waals surface area contributed by atoms with Crippen molar-refractivity contribution in [1.29, 1.82) is 0 Å². The van der Waals surface area contributed by atoms with Crippen LogP contribution in [0.25, 0.3) is 4.83 Å². The minimum absolute atomic E-state index is 0.532. The molecule has 0 unspecified atom stereocenters. The molecule has 2 heterocycles. The fourth-order valence-corrected chi connectivity index (χ4v) is 4.87. The second kappa shape index (κ2) is 5.23. The summed E-state index contributed by atoms with van der Waals surface area (Å²) in [6.45, 7) is 7.47. The fraction of sp³-hybridized carbons (Fsp3) is 0.500. The highest BCUT2D eigenvalue weighted by molar-refractivity contribution is 9.10. The Kier molecular flexibility index (Phi) is 4.10. The molecule has 1 amide bonds. The molecule has 110 valence electrons. The molecular weight excluding hydrogens is 362 g/mol. The Hall–Kier alpha value is -0.730. The monoisotopic (exact) mass is 377 g/mol. The Morgan fingerprint density at radius 3 is 2.55 bits per heavy atom. The molecule has 0 saturated heterocycles. The van der Waals surface area contributed by atoms with Gasteiger partial charge in [-0.2, -0.15) is 5.10 Å². The van der Waals surface area contributed by atoms with E-state index in [0.29, 0.717) is 11.4 Å². The third-order valence-electron chi connectivity index (χ3n) is 2.80. The zero-order valence-corrected chi connectivity index (χ0v) is 15.1. The SMILES string of the molecule is CSc1sc2c(N(C(=O)O)C(C)(C)C)c(C)nn2c1Br. The van der Waals surface area contributed by atoms with Gasteiger partial charge in [-0.25, -0.2) is 9.31 Å². The number of nitrogens with zero attached hydrogens (tertiary/aromatic N) is 3. The first-order valence-corrected chi connectivity index (χ1v) is 8.76. The van der Waals surface area contributed by atoms with Crippen LogP contribution in [-0.4, -0.2) is 32.6 Å². The van der Waals surface area contributed by atoms with Gasteiger partial charge in [0.15, 0.2) is 0 Å². The molecule has 0 spiro atoms. The standard InChI is InChI=1S/C12H16BrN3O2S2/c1-6-7(15(11(17)18)12(2,3)4)9-16(14-6)8(13)10(19-5)20-9/h1-5H3,(H,17,18). The van der Waals surface area contributed by atoms with Crippen LogP contribution >= 0.6 is 39.0 Å². The van der Waals surface area contributed by atoms with Crippen molar-refractivity contribution in [3.63, 3.8) is 0 Å². The molecule has 0 aliphatic rings. The predicted octanol–water partition coefficient (Wildman–Crippen LogP) is 4.47. The lowest BCUT2D eigenvalue weighted by molar-refractivity contribution is 0.195. The Labute approximate surface area is 134 Å². The van der Waals surface area contributed by atoms with Crippen LogP contribution < -0.4 is 4.90 Å². The van der Waals surface area contributed by atoms with Crippen molar-refractivity contribution in [2.24, 2.45) is 0 Å². The summed E-state index contributed by atoms with van der Waals surface area (Å²) in [6, 6.07) is 0. The Bertz CT molecular complexity index is 672. The second-order valence-electron chi connectivity index (χ2n) is 5.32. The number of fused-ring (bicyclic) bond motifs is 1. The number of thioether (sulfide) groups is 1. The first-order valence-electron chi connectivity index (χ1n) is 5.93. The smallest absolute Gasteiger partial charge is 0.412 e. The number of carboxylic acid groups (broad SMARTS) is 1. The number of hydrogen-bond donors (Lipinski definition) is 1. The molecule has 0 aliphatic carbocycles. The zero-order valence-electron chi connectivity index (χ0n) is 11.9. The molecule has 2 rings (SSSR count). The van der Waals surface area contributed by atoms with Crippen LogP contribution in [0.2, 0.25) is 0 Å². The highest BCUT2D eigenvalue weighted by atomic mass is 79.9. The lowest BCUT2D eigenvalue weighted by Gasteiger charge is -2.32. The van der Waals surface area contributed by atoms with Gasteiger partial charge in [-0.1, -0.05) is 0 Å². The van der Waals surface area contributed by atoms with Gasteiger partial charge in [0.25, 0.3) is 0 Å². The molecule has 2 aromatic rings. The molecule has 8 heteroatoms. The quantitative estimate of drug-likeness (QED) is 0.784. The average Bonchev–Trinajstić information content (AvgIpc) is 2.76. The number of aromatic nitrogens is 2. The van der Waals surface area contributed by atoms with Gasteiger partial charge in [0, 0.05) is 5.54 Å². The summed E-state index contributed by atoms with van der Waals surface area (Å²) in [4.78, 5) is 13.9. The first kappa shape index (κ1) is 15.7. The average molecular weight is 378 g/mol. The number of halogens is 1. The third kappa shape index (κ3) is 2.44. The Balaban J connectivity index is 2.75. The van der Waals surface area contributed by atoms with Crippen LogP contribution in [0.1, 0.15) is 26.5 Å². The van der Waals surface area contributed by atoms with Gasteiger partial charge in [-0.15, -0.1) is 23.1 Å². The summed E-state index contributed by atoms with van der Waals surface area (Å²) in [6.07, 6.45) is 1.02. The molecule has 0 aliphatic heterocycles. The van der Waals surface area contributed by atoms with Gasteiger partial charge in [0.1, 0.15) is 15.1 Å². The van der Waals surface area contributed by atoms with Crippen LogP contribution in [0.5, 0.6) is 0 Å². The molecule has 5 nitrogen and oxygen atoms in total. The minimum atomic E-state index is -0.967. The highest BCUT2D eigenvalue weighted by Gasteiger charge is 2.33. The third-order valence-corrected chi connectivity index (χ3v) is 6.31. The molecule has 2 aromatic heterocycles. The number of rotatable bonds is 2. The molecule has 0 saturated carbocycles. The van der Waals surface area contributed by atoms with Gasteiger partial charge in [-0.3, -0.25) is 4.90 Å². The lowest BCUT2D eigenvalue weighted by atomic mass is 10.1. The summed E-state index contributed by atoms with van der Waals surface area (Å²) >= 11 is 6.68. The van der Waals surface area contributed by atoms with Crippen LogP contribution in [0, 0.1) is 6.92 Å². The number of carbonyl (C=O) groups is 1. The van der Waals surface area contributed by atoms with Gasteiger partial charge in [0.2, 0.25) is 0 Å². The van der Waals surface area contributed by atoms with Crippen LogP contribution in [-0.2, 0) is 0 Å². The number of thiazole rings is 1. The van der Waals surface area contributed by atoms with Crippen molar-refractivity contribution in [3.8, 4) is 0 Å². The lowest BCUT2D eigenvalue weighted by Crippen LogP contribution is -2.45. The molecule has 0 fully saturated rings. The largest absolute Gasteiger partial charge is 0.465 e. The summed E-state index contributed by atoms with van der Waals surface area (Å²) in [7, 11) is 0. The van der Waals surface area contributed by atoms with Crippen LogP contribution in [0.15, 0.2) is 8.81 Å². The van der Waals surface area contributed by atoms with E-state index in [1.807, 2.05) is 34.0 Å². The second-order valence-corrected chi connectivity index (χ2v) is 8.15. The maximum absolute atomic E-state index is 11.7. The Morgan fingerprint density at radius 2 is 2.10 bits per heavy atom. The summed E-state index contributed by atoms with van der Waals surface area (Å²) in [5.41, 5.74) is 0.841. The van der Waals surface area contributed by atoms with Crippen molar-refractivity contribution in [1.82, 2.24) is 9.61 Å². The zero-order chi connectivity index (χ0) is 15.2. The topological polar surface area (TPSA) is 57.8 Å². The Morgan fingerprint density at radius 1 is 1.50 bits per heavy atom. The highest BCUT2D eigenvalue weighted by Crippen LogP contribution is 2.42. The molecule has 0 bridgehead atoms. The molecule has 1 N–H and O–H groups in total. The number of amides is 1. The first-order chi connectivity index (χ1) is 9.18. The van der Waals surface area contributed by atoms with E-state index in [0.717, 1.165) is 13.6 Å². The molecule has 0 aromatic carbocycles. The van der Waals surface area contributed by atoms with E-state index < -0.39 is 11.6 Å². The van der Waals surface area contributed by atoms with E-state index >= 15 is 0 Å². The number of aryl methyl sites for hydroxylation is 1. The van der Waals surface area contributed by atoms with E-state index in [9.17, 15) is 9.90 Å². The van der Waals surface area contributed by atoms with Gasteiger partial charge >= 0.3 is 6.09 Å². The molecule has 20 heavy (non-hydrogen) atoms. The van der Waals surface area contributed by atoms with E-state index in [1.165, 1.54) is 4.90 Å². The maximum atomic E-state index is 11.7. The number of hydrogen-bond acceptors (Lipinski definition) is 4. The molecule has 0 radical (unpaired) electrons. The normalized spacial score (nSPS) is 12.1. The maximum Gasteiger partial charge on any atom is 0.412 e. The molecule has 0 atom stereocenters. The van der Waals surface area contributed by atoms with Crippen molar-refractivity contribution >= 4 is 55.6 Å². The van der Waals surface area contributed by atoms with Crippen LogP contribution in [0.4, 0.5) is 10.5 Å². The van der Waals surface area contributed by atoms with E-state index in [1.54, 1.807) is 27.6 Å². The van der Waals surface area contributed by atoms with E-state index in [-0.39, 0.29) is 0 Å². The predicted molar refractivity (Wildman–Crippen MR) is 87.5 cm³/mol. The van der Waals surface area contributed by atoms with E-state index in [2.05, 4.69) is 21.0 Å². The van der Waals surface area contributed by atoms with Crippen molar-refractivity contribution in [2.75, 3.05) is 11.2 Å². The summed E-state index contributed by atoms with van der Waals surface area (Å²) in [5, 5.41) is 14.0. The van der Waals surface area contributed by atoms with Crippen molar-refractivity contribution < 1.29 is 9.90 Å². The van der Waals surface area contributed by atoms with Gasteiger partial charge in [-0.05, 0) is 49.9 Å². The van der Waals surface area contributed by atoms with E-state index in [4.69, 9.17) is 0 Å². The summed E-state index contributed by atoms with van der Waals surface area (Å²) in [5.74, 6) is 0. The van der Waals surface area contributed by atoms with Gasteiger partial charge < -0.3 is 5.11 Å². The van der Waals surface area contributed by atoms with Crippen molar-refractivity contribution in [2.45, 2.75) is 37.4 Å². The summed E-state index contributed by atoms with van der Waals surface area (Å²) < 4.78 is 3.72. The van der Waals surface area contributed by atoms with Crippen LogP contribution in [0.3, 0.4) is 0 Å². The van der Waals surface area contributed by atoms with Gasteiger partial charge in [0.05, 0.1) is 9.90 Å². The molecular formula is C12H16BrN3O2S2. The minimum Gasteiger partial charge on any atom is -0.465 e. The fourth-order valence-electron chi connectivity index (χ4n) is 2.04.